The minimum atomic E-state index is -3.57. The topological polar surface area (TPSA) is 75.3 Å². The van der Waals surface area contributed by atoms with Crippen LogP contribution in [0.2, 0.25) is 0 Å². The highest BCUT2D eigenvalue weighted by Crippen LogP contribution is 2.35. The molecule has 1 amide bonds. The van der Waals surface area contributed by atoms with Crippen molar-refractivity contribution in [2.75, 3.05) is 12.8 Å². The smallest absolute Gasteiger partial charge is 0.251 e. The first-order valence-electron chi connectivity index (χ1n) is 7.57. The molecule has 1 heterocycles. The fraction of sp³-hybridized carbons (Fsp3) is 0.235. The third-order valence-corrected chi connectivity index (χ3v) is 6.47. The predicted molar refractivity (Wildman–Crippen MR) is 94.7 cm³/mol. The number of hydrogen-bond donors (Lipinski definition) is 2. The van der Waals surface area contributed by atoms with Crippen molar-refractivity contribution in [3.8, 4) is 0 Å². The number of sulfonamides is 1. The number of thioether (sulfide) groups is 1. The SMILES string of the molecule is CNS(=O)(=O)c1cccc(C(=O)N[C@@H]2CCSc3ccccc32)c1. The van der Waals surface area contributed by atoms with Crippen molar-refractivity contribution in [2.45, 2.75) is 22.3 Å². The molecule has 2 N–H and O–H groups in total. The monoisotopic (exact) mass is 362 g/mol. The van der Waals surface area contributed by atoms with Crippen molar-refractivity contribution in [3.05, 3.63) is 59.7 Å². The molecular weight excluding hydrogens is 344 g/mol. The Morgan fingerprint density at radius 2 is 1.96 bits per heavy atom. The molecule has 2 aromatic rings. The highest BCUT2D eigenvalue weighted by Gasteiger charge is 2.23. The molecule has 0 saturated carbocycles. The van der Waals surface area contributed by atoms with Crippen LogP contribution in [-0.4, -0.2) is 27.1 Å². The van der Waals surface area contributed by atoms with Gasteiger partial charge in [-0.3, -0.25) is 4.79 Å². The highest BCUT2D eigenvalue weighted by atomic mass is 32.2. The van der Waals surface area contributed by atoms with Gasteiger partial charge in [0.05, 0.1) is 10.9 Å². The second-order valence-corrected chi connectivity index (χ2v) is 8.46. The average molecular weight is 362 g/mol. The van der Waals surface area contributed by atoms with Crippen LogP contribution in [0.25, 0.3) is 0 Å². The second kappa shape index (κ2) is 6.96. The summed E-state index contributed by atoms with van der Waals surface area (Å²) in [5.41, 5.74) is 1.45. The summed E-state index contributed by atoms with van der Waals surface area (Å²) in [6.07, 6.45) is 0.849. The van der Waals surface area contributed by atoms with Crippen LogP contribution in [0.3, 0.4) is 0 Å². The molecule has 24 heavy (non-hydrogen) atoms. The first-order valence-corrected chi connectivity index (χ1v) is 10.0. The van der Waals surface area contributed by atoms with E-state index in [0.717, 1.165) is 17.7 Å². The van der Waals surface area contributed by atoms with Crippen molar-refractivity contribution >= 4 is 27.7 Å². The molecule has 3 rings (SSSR count). The molecule has 0 bridgehead atoms. The fourth-order valence-corrected chi connectivity index (χ4v) is 4.56. The van der Waals surface area contributed by atoms with Gasteiger partial charge in [-0.15, -0.1) is 11.8 Å². The summed E-state index contributed by atoms with van der Waals surface area (Å²) in [5, 5.41) is 3.02. The first-order chi connectivity index (χ1) is 11.5. The summed E-state index contributed by atoms with van der Waals surface area (Å²) in [6.45, 7) is 0. The minimum absolute atomic E-state index is 0.0560. The minimum Gasteiger partial charge on any atom is -0.345 e. The van der Waals surface area contributed by atoms with Crippen molar-refractivity contribution in [2.24, 2.45) is 0 Å². The van der Waals surface area contributed by atoms with E-state index in [1.807, 2.05) is 18.2 Å². The lowest BCUT2D eigenvalue weighted by Gasteiger charge is -2.26. The van der Waals surface area contributed by atoms with Crippen molar-refractivity contribution < 1.29 is 13.2 Å². The largest absolute Gasteiger partial charge is 0.345 e. The lowest BCUT2D eigenvalue weighted by atomic mass is 10.0. The van der Waals surface area contributed by atoms with E-state index >= 15 is 0 Å². The van der Waals surface area contributed by atoms with Gasteiger partial charge in [-0.2, -0.15) is 0 Å². The van der Waals surface area contributed by atoms with Gasteiger partial charge in [0, 0.05) is 16.2 Å². The molecule has 0 spiro atoms. The maximum atomic E-state index is 12.6. The van der Waals surface area contributed by atoms with Gasteiger partial charge in [0.1, 0.15) is 0 Å². The van der Waals surface area contributed by atoms with E-state index < -0.39 is 10.0 Å². The van der Waals surface area contributed by atoms with Crippen molar-refractivity contribution in [1.29, 1.82) is 0 Å². The van der Waals surface area contributed by atoms with E-state index in [1.165, 1.54) is 24.1 Å². The number of nitrogens with one attached hydrogen (secondary N) is 2. The third-order valence-electron chi connectivity index (χ3n) is 3.94. The van der Waals surface area contributed by atoms with E-state index in [9.17, 15) is 13.2 Å². The number of carbonyl (C=O) groups excluding carboxylic acids is 1. The Balaban J connectivity index is 1.83. The predicted octanol–water partition coefficient (Wildman–Crippen LogP) is 2.56. The van der Waals surface area contributed by atoms with Crippen LogP contribution in [0, 0.1) is 0 Å². The lowest BCUT2D eigenvalue weighted by molar-refractivity contribution is 0.0934. The van der Waals surface area contributed by atoms with E-state index in [4.69, 9.17) is 0 Å². The van der Waals surface area contributed by atoms with Crippen LogP contribution in [0.15, 0.2) is 58.3 Å². The molecule has 2 aromatic carbocycles. The van der Waals surface area contributed by atoms with Crippen LogP contribution in [0.5, 0.6) is 0 Å². The molecule has 0 aromatic heterocycles. The number of hydrogen-bond acceptors (Lipinski definition) is 4. The van der Waals surface area contributed by atoms with E-state index in [1.54, 1.807) is 23.9 Å². The maximum absolute atomic E-state index is 12.6. The van der Waals surface area contributed by atoms with E-state index in [-0.39, 0.29) is 16.8 Å². The summed E-state index contributed by atoms with van der Waals surface area (Å²) in [4.78, 5) is 13.8. The molecule has 126 valence electrons. The Hall–Kier alpha value is -1.83. The van der Waals surface area contributed by atoms with Crippen LogP contribution >= 0.6 is 11.8 Å². The van der Waals surface area contributed by atoms with Gasteiger partial charge in [0.15, 0.2) is 0 Å². The zero-order valence-corrected chi connectivity index (χ0v) is 14.8. The van der Waals surface area contributed by atoms with Gasteiger partial charge in [-0.05, 0) is 43.3 Å². The lowest BCUT2D eigenvalue weighted by Crippen LogP contribution is -2.30. The van der Waals surface area contributed by atoms with Gasteiger partial charge in [0.2, 0.25) is 10.0 Å². The molecule has 0 radical (unpaired) electrons. The normalized spacial score (nSPS) is 17.1. The molecule has 1 aliphatic rings. The first kappa shape index (κ1) is 17.0. The summed E-state index contributed by atoms with van der Waals surface area (Å²) in [6, 6.07) is 14.0. The molecule has 0 aliphatic carbocycles. The number of rotatable bonds is 4. The van der Waals surface area contributed by atoms with Gasteiger partial charge in [-0.1, -0.05) is 24.3 Å². The van der Waals surface area contributed by atoms with Crippen LogP contribution in [0.4, 0.5) is 0 Å². The zero-order chi connectivity index (χ0) is 17.2. The number of carbonyl (C=O) groups is 1. The number of fused-ring (bicyclic) bond motifs is 1. The van der Waals surface area contributed by atoms with Crippen molar-refractivity contribution in [1.82, 2.24) is 10.0 Å². The Morgan fingerprint density at radius 1 is 1.17 bits per heavy atom. The standard InChI is InChI=1S/C17H18N2O3S2/c1-18-24(21,22)13-6-4-5-12(11-13)17(20)19-15-9-10-23-16-8-3-2-7-14(15)16/h2-8,11,15,18H,9-10H2,1H3,(H,19,20)/t15-/m1/s1. The van der Waals surface area contributed by atoms with Crippen LogP contribution in [0.1, 0.15) is 28.4 Å². The summed E-state index contributed by atoms with van der Waals surface area (Å²) in [5.74, 6) is 0.672. The van der Waals surface area contributed by atoms with E-state index in [2.05, 4.69) is 16.1 Å². The molecular formula is C17H18N2O3S2. The summed E-state index contributed by atoms with van der Waals surface area (Å²) >= 11 is 1.79. The Morgan fingerprint density at radius 3 is 2.75 bits per heavy atom. The van der Waals surface area contributed by atoms with Crippen LogP contribution in [-0.2, 0) is 10.0 Å². The molecule has 0 unspecified atom stereocenters. The fourth-order valence-electron chi connectivity index (χ4n) is 2.66. The molecule has 0 fully saturated rings. The number of amides is 1. The quantitative estimate of drug-likeness (QED) is 0.876. The summed E-state index contributed by atoms with van der Waals surface area (Å²) in [7, 11) is -2.22. The van der Waals surface area contributed by atoms with E-state index in [0.29, 0.717) is 5.56 Å². The van der Waals surface area contributed by atoms with Crippen LogP contribution < -0.4 is 10.0 Å². The Labute approximate surface area is 145 Å². The maximum Gasteiger partial charge on any atom is 0.251 e. The van der Waals surface area contributed by atoms with Gasteiger partial charge >= 0.3 is 0 Å². The zero-order valence-electron chi connectivity index (χ0n) is 13.2. The Kier molecular flexibility index (Phi) is 4.93. The summed E-state index contributed by atoms with van der Waals surface area (Å²) < 4.78 is 26.0. The Bertz CT molecular complexity index is 866. The van der Waals surface area contributed by atoms with Gasteiger partial charge in [0.25, 0.3) is 5.91 Å². The van der Waals surface area contributed by atoms with Gasteiger partial charge < -0.3 is 5.32 Å². The van der Waals surface area contributed by atoms with Gasteiger partial charge in [-0.25, -0.2) is 13.1 Å². The number of benzene rings is 2. The molecule has 1 aliphatic heterocycles. The molecule has 5 nitrogen and oxygen atoms in total. The molecule has 7 heteroatoms. The molecule has 0 saturated heterocycles. The van der Waals surface area contributed by atoms with Crippen molar-refractivity contribution in [3.63, 3.8) is 0 Å². The third kappa shape index (κ3) is 3.48. The second-order valence-electron chi connectivity index (χ2n) is 5.44. The molecule has 1 atom stereocenters. The highest BCUT2D eigenvalue weighted by molar-refractivity contribution is 7.99. The average Bonchev–Trinajstić information content (AvgIpc) is 2.62.